The number of carbonyl (C=O) groups excluding carboxylic acids is 1. The number of methoxy groups -OCH3 is 2. The lowest BCUT2D eigenvalue weighted by atomic mass is 9.66. The van der Waals surface area contributed by atoms with Gasteiger partial charge in [-0.15, -0.1) is 0 Å². The van der Waals surface area contributed by atoms with Gasteiger partial charge in [-0.25, -0.2) is 0 Å². The molecule has 182 valence electrons. The van der Waals surface area contributed by atoms with Crippen molar-refractivity contribution in [2.24, 2.45) is 5.92 Å². The van der Waals surface area contributed by atoms with Crippen molar-refractivity contribution in [3.63, 3.8) is 0 Å². The number of fused-ring (bicyclic) bond motifs is 1. The third kappa shape index (κ3) is 4.85. The Bertz CT molecular complexity index is 1030. The maximum absolute atomic E-state index is 13.5. The molecule has 5 heteroatoms. The van der Waals surface area contributed by atoms with Gasteiger partial charge >= 0.3 is 0 Å². The van der Waals surface area contributed by atoms with Gasteiger partial charge in [0.15, 0.2) is 0 Å². The SMILES string of the molecule is COc1ccc(C2C3CCCCC3(O)CCN2C(=O)/C=C/c2ccc(C(C)C)cc2)c(OC)c1. The highest BCUT2D eigenvalue weighted by molar-refractivity contribution is 5.92. The van der Waals surface area contributed by atoms with Crippen LogP contribution in [-0.2, 0) is 4.79 Å². The third-order valence-corrected chi connectivity index (χ3v) is 7.63. The highest BCUT2D eigenvalue weighted by Gasteiger charge is 2.50. The lowest BCUT2D eigenvalue weighted by molar-refractivity contribution is -0.151. The normalized spacial score (nSPS) is 24.8. The van der Waals surface area contributed by atoms with Crippen molar-refractivity contribution in [2.75, 3.05) is 20.8 Å². The third-order valence-electron chi connectivity index (χ3n) is 7.63. The quantitative estimate of drug-likeness (QED) is 0.556. The van der Waals surface area contributed by atoms with Gasteiger partial charge in [-0.05, 0) is 54.5 Å². The molecule has 5 nitrogen and oxygen atoms in total. The maximum atomic E-state index is 13.5. The second-order valence-corrected chi connectivity index (χ2v) is 9.94. The molecule has 1 amide bonds. The summed E-state index contributed by atoms with van der Waals surface area (Å²) in [5, 5.41) is 11.5. The lowest BCUT2D eigenvalue weighted by Crippen LogP contribution is -2.56. The van der Waals surface area contributed by atoms with Gasteiger partial charge in [0.1, 0.15) is 11.5 Å². The minimum absolute atomic E-state index is 0.0278. The van der Waals surface area contributed by atoms with Gasteiger partial charge in [0.2, 0.25) is 5.91 Å². The summed E-state index contributed by atoms with van der Waals surface area (Å²) in [6, 6.07) is 13.8. The molecule has 2 aliphatic rings. The van der Waals surface area contributed by atoms with Crippen molar-refractivity contribution in [1.29, 1.82) is 0 Å². The van der Waals surface area contributed by atoms with E-state index in [0.717, 1.165) is 36.8 Å². The van der Waals surface area contributed by atoms with Crippen LogP contribution in [0.25, 0.3) is 6.08 Å². The van der Waals surface area contributed by atoms with Gasteiger partial charge in [-0.2, -0.15) is 0 Å². The van der Waals surface area contributed by atoms with Gasteiger partial charge < -0.3 is 19.5 Å². The van der Waals surface area contributed by atoms with Crippen LogP contribution in [0, 0.1) is 5.92 Å². The van der Waals surface area contributed by atoms with Gasteiger partial charge in [0, 0.05) is 30.2 Å². The monoisotopic (exact) mass is 463 g/mol. The smallest absolute Gasteiger partial charge is 0.247 e. The molecule has 2 aromatic rings. The molecule has 2 fully saturated rings. The zero-order valence-corrected chi connectivity index (χ0v) is 20.8. The number of carbonyl (C=O) groups is 1. The molecular formula is C29H37NO4. The first kappa shape index (κ1) is 24.3. The van der Waals surface area contributed by atoms with Crippen molar-refractivity contribution in [1.82, 2.24) is 4.90 Å². The summed E-state index contributed by atoms with van der Waals surface area (Å²) in [5.74, 6) is 1.80. The molecule has 0 spiro atoms. The van der Waals surface area contributed by atoms with Gasteiger partial charge in [0.05, 0.1) is 25.9 Å². The zero-order chi connectivity index (χ0) is 24.3. The predicted octanol–water partition coefficient (Wildman–Crippen LogP) is 5.74. The number of hydrogen-bond donors (Lipinski definition) is 1. The van der Waals surface area contributed by atoms with E-state index >= 15 is 0 Å². The molecular weight excluding hydrogens is 426 g/mol. The van der Waals surface area contributed by atoms with E-state index < -0.39 is 5.60 Å². The van der Waals surface area contributed by atoms with E-state index in [1.54, 1.807) is 20.3 Å². The van der Waals surface area contributed by atoms with E-state index in [1.807, 2.05) is 29.2 Å². The van der Waals surface area contributed by atoms with Crippen LogP contribution in [0.4, 0.5) is 0 Å². The second kappa shape index (κ2) is 10.2. The van der Waals surface area contributed by atoms with Crippen LogP contribution in [0.2, 0.25) is 0 Å². The number of nitrogens with zero attached hydrogens (tertiary/aromatic N) is 1. The number of aliphatic hydroxyl groups is 1. The van der Waals surface area contributed by atoms with Crippen LogP contribution in [-0.4, -0.2) is 42.3 Å². The number of amides is 1. The maximum Gasteiger partial charge on any atom is 0.247 e. The molecule has 4 rings (SSSR count). The van der Waals surface area contributed by atoms with Gasteiger partial charge in [-0.3, -0.25) is 4.79 Å². The summed E-state index contributed by atoms with van der Waals surface area (Å²) < 4.78 is 11.1. The summed E-state index contributed by atoms with van der Waals surface area (Å²) >= 11 is 0. The Morgan fingerprint density at radius 2 is 1.85 bits per heavy atom. The number of piperidine rings is 1. The molecule has 1 heterocycles. The topological polar surface area (TPSA) is 59.0 Å². The molecule has 2 aromatic carbocycles. The van der Waals surface area contributed by atoms with Gasteiger partial charge in [-0.1, -0.05) is 51.0 Å². The van der Waals surface area contributed by atoms with E-state index in [1.165, 1.54) is 5.56 Å². The number of rotatable bonds is 6. The lowest BCUT2D eigenvalue weighted by Gasteiger charge is -2.52. The minimum Gasteiger partial charge on any atom is -0.497 e. The number of hydrogen-bond acceptors (Lipinski definition) is 4. The highest BCUT2D eigenvalue weighted by Crippen LogP contribution is 2.51. The van der Waals surface area contributed by atoms with E-state index in [4.69, 9.17) is 9.47 Å². The Morgan fingerprint density at radius 3 is 2.53 bits per heavy atom. The van der Waals surface area contributed by atoms with Crippen LogP contribution >= 0.6 is 0 Å². The molecule has 0 bridgehead atoms. The molecule has 1 aliphatic heterocycles. The molecule has 0 radical (unpaired) electrons. The number of benzene rings is 2. The largest absolute Gasteiger partial charge is 0.497 e. The van der Waals surface area contributed by atoms with E-state index in [0.29, 0.717) is 30.4 Å². The molecule has 0 aromatic heterocycles. The predicted molar refractivity (Wildman–Crippen MR) is 135 cm³/mol. The molecule has 1 aliphatic carbocycles. The van der Waals surface area contributed by atoms with Crippen molar-refractivity contribution >= 4 is 12.0 Å². The Labute approximate surface area is 203 Å². The van der Waals surface area contributed by atoms with Crippen molar-refractivity contribution < 1.29 is 19.4 Å². The van der Waals surface area contributed by atoms with Crippen LogP contribution in [0.15, 0.2) is 48.5 Å². The number of ether oxygens (including phenoxy) is 2. The fourth-order valence-corrected chi connectivity index (χ4v) is 5.63. The van der Waals surface area contributed by atoms with Crippen molar-refractivity contribution in [3.05, 3.63) is 65.2 Å². The first-order chi connectivity index (χ1) is 16.4. The zero-order valence-electron chi connectivity index (χ0n) is 20.8. The molecule has 3 unspecified atom stereocenters. The van der Waals surface area contributed by atoms with Crippen LogP contribution < -0.4 is 9.47 Å². The standard InChI is InChI=1S/C29H37NO4/c1-20(2)22-11-8-21(9-12-22)10-15-27(31)30-18-17-29(32)16-6-5-7-25(29)28(30)24-14-13-23(33-3)19-26(24)34-4/h8-15,19-20,25,28,32H,5-7,16-18H2,1-4H3/b15-10+. The summed E-state index contributed by atoms with van der Waals surface area (Å²) in [5.41, 5.74) is 2.46. The van der Waals surface area contributed by atoms with E-state index in [-0.39, 0.29) is 17.9 Å². The second-order valence-electron chi connectivity index (χ2n) is 9.94. The Morgan fingerprint density at radius 1 is 1.09 bits per heavy atom. The Hall–Kier alpha value is -2.79. The fourth-order valence-electron chi connectivity index (χ4n) is 5.63. The van der Waals surface area contributed by atoms with Crippen molar-refractivity contribution in [3.8, 4) is 11.5 Å². The summed E-state index contributed by atoms with van der Waals surface area (Å²) in [6.07, 6.45) is 7.92. The van der Waals surface area contributed by atoms with Crippen LogP contribution in [0.5, 0.6) is 11.5 Å². The average Bonchev–Trinajstić information content (AvgIpc) is 2.86. The molecule has 34 heavy (non-hydrogen) atoms. The Balaban J connectivity index is 1.66. The first-order valence-electron chi connectivity index (χ1n) is 12.4. The van der Waals surface area contributed by atoms with E-state index in [9.17, 15) is 9.90 Å². The van der Waals surface area contributed by atoms with Crippen LogP contribution in [0.1, 0.15) is 74.6 Å². The highest BCUT2D eigenvalue weighted by atomic mass is 16.5. The molecule has 1 N–H and O–H groups in total. The average molecular weight is 464 g/mol. The van der Waals surface area contributed by atoms with Crippen molar-refractivity contribution in [2.45, 2.75) is 63.5 Å². The first-order valence-corrected chi connectivity index (χ1v) is 12.4. The molecule has 1 saturated heterocycles. The van der Waals surface area contributed by atoms with Gasteiger partial charge in [0.25, 0.3) is 0 Å². The van der Waals surface area contributed by atoms with Crippen LogP contribution in [0.3, 0.4) is 0 Å². The Kier molecular flexibility index (Phi) is 7.32. The molecule has 1 saturated carbocycles. The summed E-state index contributed by atoms with van der Waals surface area (Å²) in [4.78, 5) is 15.4. The molecule has 3 atom stereocenters. The summed E-state index contributed by atoms with van der Waals surface area (Å²) in [6.45, 7) is 4.86. The summed E-state index contributed by atoms with van der Waals surface area (Å²) in [7, 11) is 3.27. The minimum atomic E-state index is -0.749. The fraction of sp³-hybridized carbons (Fsp3) is 0.483. The number of likely N-dealkylation sites (tertiary alicyclic amines) is 1. The van der Waals surface area contributed by atoms with E-state index in [2.05, 4.69) is 38.1 Å².